The normalized spacial score (nSPS) is 16.0. The average molecular weight is 677 g/mol. The van der Waals surface area contributed by atoms with Crippen molar-refractivity contribution < 1.29 is 48.4 Å². The predicted molar refractivity (Wildman–Crippen MR) is 146 cm³/mol. The van der Waals surface area contributed by atoms with Crippen molar-refractivity contribution in [1.29, 1.82) is 0 Å². The zero-order valence-corrected chi connectivity index (χ0v) is 24.6. The number of methoxy groups -OCH3 is 1. The van der Waals surface area contributed by atoms with Crippen LogP contribution < -0.4 is 15.1 Å². The largest absolute Gasteiger partial charge is 0.467 e. The van der Waals surface area contributed by atoms with Gasteiger partial charge in [0.05, 0.1) is 29.1 Å². The Morgan fingerprint density at radius 3 is 2.12 bits per heavy atom. The average Bonchev–Trinajstić information content (AvgIpc) is 3.18. The molecule has 1 aliphatic heterocycles. The quantitative estimate of drug-likeness (QED) is 0.186. The maximum absolute atomic E-state index is 13.0. The summed E-state index contributed by atoms with van der Waals surface area (Å²) in [6, 6.07) is 3.73. The molecule has 0 aliphatic carbocycles. The minimum atomic E-state index is -5.14. The lowest BCUT2D eigenvalue weighted by molar-refractivity contribution is -0.117. The Hall–Kier alpha value is -4.19. The molecule has 0 unspecified atom stereocenters. The second kappa shape index (κ2) is 11.5. The number of hydrazone groups is 1. The van der Waals surface area contributed by atoms with Gasteiger partial charge in [-0.3, -0.25) is 18.5 Å². The Balaban J connectivity index is 1.74. The highest BCUT2D eigenvalue weighted by Crippen LogP contribution is 2.36. The van der Waals surface area contributed by atoms with Crippen LogP contribution in [0.25, 0.3) is 0 Å². The van der Waals surface area contributed by atoms with Crippen molar-refractivity contribution in [2.45, 2.75) is 27.7 Å². The molecule has 2 aromatic carbocycles. The van der Waals surface area contributed by atoms with Crippen molar-refractivity contribution >= 4 is 76.6 Å². The number of azo groups is 1. The number of hydrogen-bond donors (Lipinski definition) is 4. The molecule has 0 spiro atoms. The zero-order valence-electron chi connectivity index (χ0n) is 21.4. The summed E-state index contributed by atoms with van der Waals surface area (Å²) < 4.78 is 105. The van der Waals surface area contributed by atoms with Crippen molar-refractivity contribution in [3.63, 3.8) is 0 Å². The zero-order chi connectivity index (χ0) is 31.9. The van der Waals surface area contributed by atoms with Gasteiger partial charge in [0.2, 0.25) is 11.2 Å². The van der Waals surface area contributed by atoms with E-state index in [0.717, 1.165) is 17.1 Å². The highest BCUT2D eigenvalue weighted by atomic mass is 35.5. The molecule has 0 bridgehead atoms. The van der Waals surface area contributed by atoms with Gasteiger partial charge in [-0.2, -0.15) is 60.5 Å². The van der Waals surface area contributed by atoms with Gasteiger partial charge in [0.15, 0.2) is 6.04 Å². The van der Waals surface area contributed by atoms with Gasteiger partial charge in [0, 0.05) is 0 Å². The minimum Gasteiger partial charge on any atom is -0.467 e. The number of amides is 1. The molecule has 43 heavy (non-hydrogen) atoms. The molecule has 4 N–H and O–H groups in total. The number of nitrogens with zero attached hydrogens (tertiary/aromatic N) is 7. The fraction of sp³-hybridized carbons (Fsp3) is 0.150. The summed E-state index contributed by atoms with van der Waals surface area (Å²) in [5.41, 5.74) is -1.33. The molecule has 2 heterocycles. The van der Waals surface area contributed by atoms with Crippen molar-refractivity contribution in [2.75, 3.05) is 17.4 Å². The van der Waals surface area contributed by atoms with Gasteiger partial charge in [-0.25, -0.2) is 0 Å². The topological polar surface area (TPSA) is 280 Å². The van der Waals surface area contributed by atoms with Crippen LogP contribution >= 0.6 is 11.6 Å². The maximum atomic E-state index is 13.0. The van der Waals surface area contributed by atoms with Crippen LogP contribution in [0.3, 0.4) is 0 Å². The maximum Gasteiger partial charge on any atom is 0.322 e. The first kappa shape index (κ1) is 31.7. The molecule has 0 saturated carbocycles. The van der Waals surface area contributed by atoms with Crippen LogP contribution in [0.15, 0.2) is 66.4 Å². The van der Waals surface area contributed by atoms with Crippen molar-refractivity contribution in [3.05, 3.63) is 41.7 Å². The number of rotatable bonds is 9. The molecule has 228 valence electrons. The van der Waals surface area contributed by atoms with Crippen LogP contribution in [0.4, 0.5) is 23.0 Å². The molecule has 1 aromatic heterocycles. The monoisotopic (exact) mass is 676 g/mol. The van der Waals surface area contributed by atoms with Crippen LogP contribution in [-0.2, 0) is 35.1 Å². The smallest absolute Gasteiger partial charge is 0.322 e. The van der Waals surface area contributed by atoms with Crippen LogP contribution in [0, 0.1) is 0 Å². The first-order valence-corrected chi connectivity index (χ1v) is 15.8. The standard InChI is InChI=1S/C20H17ClN8O11S3/c1-9-16(17(30)29(28-9)10-3-5-11(6-4-10)41(31,32)33)27-26-13-8-14(42(34,35)36)12(7-15(13)43(37,38)39)22-19-23-18(21)24-20(25-19)40-2/h3-8,16H,1-2H3,(H,31,32,33)(H,34,35,36)(H,37,38,39)(H,22,23,24,25)/t16-/m0/s1. The Bertz CT molecular complexity index is 2020. The van der Waals surface area contributed by atoms with Gasteiger partial charge in [-0.05, 0) is 54.9 Å². The number of nitrogens with one attached hydrogen (secondary N) is 1. The third-order valence-electron chi connectivity index (χ3n) is 5.39. The molecule has 4 rings (SSSR count). The highest BCUT2D eigenvalue weighted by molar-refractivity contribution is 7.86. The summed E-state index contributed by atoms with van der Waals surface area (Å²) in [4.78, 5) is 21.7. The lowest BCUT2D eigenvalue weighted by Crippen LogP contribution is -2.29. The van der Waals surface area contributed by atoms with E-state index in [4.69, 9.17) is 20.9 Å². The van der Waals surface area contributed by atoms with E-state index in [1.165, 1.54) is 26.2 Å². The Labute approximate surface area is 247 Å². The highest BCUT2D eigenvalue weighted by Gasteiger charge is 2.35. The SMILES string of the molecule is COc1nc(Cl)nc(Nc2cc(S(=O)(=O)O)c(N=N[C@@H]3C(=O)N(c4ccc(S(=O)(=O)O)cc4)N=C3C)cc2S(=O)(=O)O)n1. The second-order valence-corrected chi connectivity index (χ2v) is 12.8. The van der Waals surface area contributed by atoms with Gasteiger partial charge in [0.25, 0.3) is 36.3 Å². The second-order valence-electron chi connectivity index (χ2n) is 8.28. The summed E-state index contributed by atoms with van der Waals surface area (Å²) in [6.45, 7) is 1.36. The van der Waals surface area contributed by atoms with E-state index in [2.05, 4.69) is 35.6 Å². The first-order valence-electron chi connectivity index (χ1n) is 11.1. The van der Waals surface area contributed by atoms with E-state index in [9.17, 15) is 39.2 Å². The first-order chi connectivity index (χ1) is 19.9. The Morgan fingerprint density at radius 2 is 1.56 bits per heavy atom. The number of anilines is 3. The lowest BCUT2D eigenvalue weighted by atomic mass is 10.2. The third kappa shape index (κ3) is 7.07. The van der Waals surface area contributed by atoms with Crippen LogP contribution in [0.2, 0.25) is 5.28 Å². The molecule has 0 fully saturated rings. The summed E-state index contributed by atoms with van der Waals surface area (Å²) in [5, 5.41) is 14.2. The Morgan fingerprint density at radius 1 is 0.930 bits per heavy atom. The van der Waals surface area contributed by atoms with E-state index < -0.39 is 79.6 Å². The number of ether oxygens (including phenoxy) is 1. The molecular formula is C20H17ClN8O11S3. The summed E-state index contributed by atoms with van der Waals surface area (Å²) in [6.07, 6.45) is 0. The molecule has 0 saturated heterocycles. The van der Waals surface area contributed by atoms with E-state index in [1.807, 2.05) is 0 Å². The molecule has 19 nitrogen and oxygen atoms in total. The third-order valence-corrected chi connectivity index (χ3v) is 8.20. The molecule has 1 atom stereocenters. The molecular weight excluding hydrogens is 660 g/mol. The van der Waals surface area contributed by atoms with Gasteiger partial charge in [-0.15, -0.1) is 0 Å². The van der Waals surface area contributed by atoms with E-state index in [1.54, 1.807) is 0 Å². The van der Waals surface area contributed by atoms with Crippen LogP contribution in [-0.4, -0.2) is 78.6 Å². The fourth-order valence-corrected chi connectivity index (χ4v) is 5.41. The molecule has 0 radical (unpaired) electrons. The van der Waals surface area contributed by atoms with Crippen LogP contribution in [0.1, 0.15) is 6.92 Å². The summed E-state index contributed by atoms with van der Waals surface area (Å²) in [7, 11) is -13.6. The van der Waals surface area contributed by atoms with Gasteiger partial charge < -0.3 is 10.1 Å². The molecule has 1 aliphatic rings. The predicted octanol–water partition coefficient (Wildman–Crippen LogP) is 1.89. The number of aromatic nitrogens is 3. The number of carbonyl (C=O) groups is 1. The van der Waals surface area contributed by atoms with Gasteiger partial charge in [-0.1, -0.05) is 0 Å². The molecule has 1 amide bonds. The lowest BCUT2D eigenvalue weighted by Gasteiger charge is -2.13. The number of hydrogen-bond acceptors (Lipinski definition) is 15. The Kier molecular flexibility index (Phi) is 8.47. The van der Waals surface area contributed by atoms with Crippen molar-refractivity contribution in [1.82, 2.24) is 15.0 Å². The number of halogens is 1. The summed E-state index contributed by atoms with van der Waals surface area (Å²) in [5.74, 6) is -1.27. The van der Waals surface area contributed by atoms with Gasteiger partial charge in [0.1, 0.15) is 15.5 Å². The van der Waals surface area contributed by atoms with Crippen molar-refractivity contribution in [3.8, 4) is 6.01 Å². The van der Waals surface area contributed by atoms with E-state index in [-0.39, 0.29) is 17.4 Å². The number of benzene rings is 2. The van der Waals surface area contributed by atoms with Crippen LogP contribution in [0.5, 0.6) is 6.01 Å². The fourth-order valence-electron chi connectivity index (χ4n) is 3.50. The van der Waals surface area contributed by atoms with E-state index in [0.29, 0.717) is 12.1 Å². The van der Waals surface area contributed by atoms with Gasteiger partial charge >= 0.3 is 6.01 Å². The summed E-state index contributed by atoms with van der Waals surface area (Å²) >= 11 is 5.77. The van der Waals surface area contributed by atoms with E-state index >= 15 is 0 Å². The number of carbonyl (C=O) groups excluding carboxylic acids is 1. The van der Waals surface area contributed by atoms with Crippen molar-refractivity contribution in [2.24, 2.45) is 15.3 Å². The minimum absolute atomic E-state index is 0.0370. The molecule has 23 heteroatoms. The molecule has 3 aromatic rings.